The third kappa shape index (κ3) is 4.87. The van der Waals surface area contributed by atoms with Gasteiger partial charge in [-0.2, -0.15) is 0 Å². The lowest BCUT2D eigenvalue weighted by Gasteiger charge is -2.04. The summed E-state index contributed by atoms with van der Waals surface area (Å²) in [6.45, 7) is 0.310. The molecule has 0 fully saturated rings. The minimum Gasteiger partial charge on any atom is -0.411 e. The Kier molecular flexibility index (Phi) is 5.39. The highest BCUT2D eigenvalue weighted by Gasteiger charge is 2.11. The molecule has 0 aliphatic heterocycles. The van der Waals surface area contributed by atoms with Crippen LogP contribution in [-0.4, -0.2) is 21.9 Å². The number of nitrogens with one attached hydrogen (secondary N) is 1. The number of thioether (sulfide) groups is 1. The first-order chi connectivity index (χ1) is 12.1. The van der Waals surface area contributed by atoms with Gasteiger partial charge in [0.05, 0.1) is 5.75 Å². The fourth-order valence-corrected chi connectivity index (χ4v) is 2.55. The lowest BCUT2D eigenvalue weighted by Crippen LogP contribution is -2.24. The maximum absolute atomic E-state index is 12.9. The molecule has 1 heterocycles. The Morgan fingerprint density at radius 2 is 1.64 bits per heavy atom. The second-order valence-electron chi connectivity index (χ2n) is 5.07. The third-order valence-corrected chi connectivity index (χ3v) is 4.05. The first-order valence-electron chi connectivity index (χ1n) is 7.33. The van der Waals surface area contributed by atoms with Gasteiger partial charge in [0.2, 0.25) is 11.8 Å². The Morgan fingerprint density at radius 3 is 2.32 bits per heavy atom. The molecule has 3 aromatic rings. The van der Waals surface area contributed by atoms with Gasteiger partial charge in [0.1, 0.15) is 11.6 Å². The van der Waals surface area contributed by atoms with Crippen LogP contribution < -0.4 is 5.32 Å². The first-order valence-corrected chi connectivity index (χ1v) is 8.32. The van der Waals surface area contributed by atoms with Gasteiger partial charge >= 0.3 is 0 Å². The van der Waals surface area contributed by atoms with Gasteiger partial charge in [-0.25, -0.2) is 8.78 Å². The number of hydrogen-bond donors (Lipinski definition) is 1. The summed E-state index contributed by atoms with van der Waals surface area (Å²) in [7, 11) is 0. The minimum atomic E-state index is -0.351. The summed E-state index contributed by atoms with van der Waals surface area (Å²) in [5.74, 6) is -0.522. The molecule has 0 saturated heterocycles. The van der Waals surface area contributed by atoms with Crippen molar-refractivity contribution in [3.8, 4) is 11.5 Å². The molecule has 5 nitrogen and oxygen atoms in total. The van der Waals surface area contributed by atoms with E-state index in [-0.39, 0.29) is 34.4 Å². The van der Waals surface area contributed by atoms with Crippen LogP contribution in [0.3, 0.4) is 0 Å². The molecule has 0 bridgehead atoms. The number of benzene rings is 2. The van der Waals surface area contributed by atoms with Crippen LogP contribution in [0, 0.1) is 11.6 Å². The zero-order valence-electron chi connectivity index (χ0n) is 12.9. The summed E-state index contributed by atoms with van der Waals surface area (Å²) in [4.78, 5) is 11.8. The second kappa shape index (κ2) is 7.89. The molecule has 1 aromatic heterocycles. The van der Waals surface area contributed by atoms with Crippen molar-refractivity contribution in [3.63, 3.8) is 0 Å². The normalized spacial score (nSPS) is 10.6. The first kappa shape index (κ1) is 17.1. The Morgan fingerprint density at radius 1 is 1.00 bits per heavy atom. The molecule has 0 aliphatic rings. The number of aromatic nitrogens is 2. The number of rotatable bonds is 6. The fourth-order valence-electron chi connectivity index (χ4n) is 1.96. The van der Waals surface area contributed by atoms with Crippen molar-refractivity contribution in [1.82, 2.24) is 15.5 Å². The van der Waals surface area contributed by atoms with E-state index in [0.717, 1.165) is 17.3 Å². The standard InChI is InChI=1S/C17H13F2N3O2S/c18-13-5-1-11(2-6-13)9-20-15(23)10-25-17-22-21-16(24-17)12-3-7-14(19)8-4-12/h1-8H,9-10H2,(H,20,23). The Balaban J connectivity index is 1.49. The van der Waals surface area contributed by atoms with Crippen molar-refractivity contribution in [2.45, 2.75) is 11.8 Å². The van der Waals surface area contributed by atoms with Gasteiger partial charge in [0, 0.05) is 12.1 Å². The Bertz CT molecular complexity index is 851. The van der Waals surface area contributed by atoms with Gasteiger partial charge in [0.25, 0.3) is 5.22 Å². The van der Waals surface area contributed by atoms with Gasteiger partial charge < -0.3 is 9.73 Å². The molecule has 3 rings (SSSR count). The molecule has 0 spiro atoms. The van der Waals surface area contributed by atoms with Crippen molar-refractivity contribution in [2.24, 2.45) is 0 Å². The van der Waals surface area contributed by atoms with Gasteiger partial charge in [-0.15, -0.1) is 10.2 Å². The maximum atomic E-state index is 12.9. The SMILES string of the molecule is O=C(CSc1nnc(-c2ccc(F)cc2)o1)NCc1ccc(F)cc1. The van der Waals surface area contributed by atoms with Crippen molar-refractivity contribution >= 4 is 17.7 Å². The minimum absolute atomic E-state index is 0.103. The maximum Gasteiger partial charge on any atom is 0.277 e. The van der Waals surface area contributed by atoms with Crippen LogP contribution in [0.4, 0.5) is 8.78 Å². The number of hydrogen-bond acceptors (Lipinski definition) is 5. The average molecular weight is 361 g/mol. The van der Waals surface area contributed by atoms with Gasteiger partial charge in [0.15, 0.2) is 0 Å². The molecule has 1 N–H and O–H groups in total. The summed E-state index contributed by atoms with van der Waals surface area (Å²) >= 11 is 1.10. The molecule has 0 aliphatic carbocycles. The molecule has 0 unspecified atom stereocenters. The molecule has 2 aromatic carbocycles. The highest BCUT2D eigenvalue weighted by molar-refractivity contribution is 7.99. The molecule has 0 saturated carbocycles. The quantitative estimate of drug-likeness (QED) is 0.682. The largest absolute Gasteiger partial charge is 0.411 e. The third-order valence-electron chi connectivity index (χ3n) is 3.23. The van der Waals surface area contributed by atoms with Crippen molar-refractivity contribution in [2.75, 3.05) is 5.75 Å². The van der Waals surface area contributed by atoms with Crippen LogP contribution in [0.5, 0.6) is 0 Å². The van der Waals surface area contributed by atoms with Crippen LogP contribution in [0.1, 0.15) is 5.56 Å². The molecule has 0 radical (unpaired) electrons. The van der Waals surface area contributed by atoms with E-state index in [1.54, 1.807) is 12.1 Å². The number of carbonyl (C=O) groups excluding carboxylic acids is 1. The Hall–Kier alpha value is -2.74. The molecule has 128 valence electrons. The molecule has 25 heavy (non-hydrogen) atoms. The lowest BCUT2D eigenvalue weighted by atomic mass is 10.2. The van der Waals surface area contributed by atoms with E-state index >= 15 is 0 Å². The van der Waals surface area contributed by atoms with Gasteiger partial charge in [-0.3, -0.25) is 4.79 Å². The molecule has 8 heteroatoms. The summed E-state index contributed by atoms with van der Waals surface area (Å²) in [5.41, 5.74) is 1.40. The monoisotopic (exact) mass is 361 g/mol. The van der Waals surface area contributed by atoms with E-state index in [9.17, 15) is 13.6 Å². The number of carbonyl (C=O) groups is 1. The topological polar surface area (TPSA) is 68.0 Å². The summed E-state index contributed by atoms with van der Waals surface area (Å²) in [6.07, 6.45) is 0. The fraction of sp³-hybridized carbons (Fsp3) is 0.118. The van der Waals surface area contributed by atoms with Gasteiger partial charge in [-0.05, 0) is 42.0 Å². The predicted molar refractivity (Wildman–Crippen MR) is 88.7 cm³/mol. The van der Waals surface area contributed by atoms with Crippen molar-refractivity contribution in [3.05, 3.63) is 65.7 Å². The predicted octanol–water partition coefficient (Wildman–Crippen LogP) is 3.42. The van der Waals surface area contributed by atoms with E-state index in [1.807, 2.05) is 0 Å². The Labute approximate surface area is 146 Å². The smallest absolute Gasteiger partial charge is 0.277 e. The number of amides is 1. The van der Waals surface area contributed by atoms with Crippen LogP contribution >= 0.6 is 11.8 Å². The van der Waals surface area contributed by atoms with Crippen LogP contribution in [0.15, 0.2) is 58.2 Å². The second-order valence-corrected chi connectivity index (χ2v) is 6.00. The molecule has 0 atom stereocenters. The summed E-state index contributed by atoms with van der Waals surface area (Å²) in [6, 6.07) is 11.6. The van der Waals surface area contributed by atoms with Crippen LogP contribution in [0.2, 0.25) is 0 Å². The molecular formula is C17H13F2N3O2S. The van der Waals surface area contributed by atoms with E-state index in [4.69, 9.17) is 4.42 Å². The molecule has 1 amide bonds. The van der Waals surface area contributed by atoms with Gasteiger partial charge in [-0.1, -0.05) is 23.9 Å². The van der Waals surface area contributed by atoms with Crippen molar-refractivity contribution < 1.29 is 18.0 Å². The van der Waals surface area contributed by atoms with Crippen LogP contribution in [0.25, 0.3) is 11.5 Å². The summed E-state index contributed by atoms with van der Waals surface area (Å²) in [5, 5.41) is 10.7. The lowest BCUT2D eigenvalue weighted by molar-refractivity contribution is -0.118. The highest BCUT2D eigenvalue weighted by atomic mass is 32.2. The van der Waals surface area contributed by atoms with Crippen LogP contribution in [-0.2, 0) is 11.3 Å². The molecular weight excluding hydrogens is 348 g/mol. The average Bonchev–Trinajstić information content (AvgIpc) is 3.09. The zero-order chi connectivity index (χ0) is 17.6. The summed E-state index contributed by atoms with van der Waals surface area (Å²) < 4.78 is 31.1. The zero-order valence-corrected chi connectivity index (χ0v) is 13.7. The van der Waals surface area contributed by atoms with E-state index in [2.05, 4.69) is 15.5 Å². The number of nitrogens with zero attached hydrogens (tertiary/aromatic N) is 2. The van der Waals surface area contributed by atoms with Crippen molar-refractivity contribution in [1.29, 1.82) is 0 Å². The number of halogens is 2. The van der Waals surface area contributed by atoms with E-state index in [0.29, 0.717) is 12.1 Å². The van der Waals surface area contributed by atoms with E-state index in [1.165, 1.54) is 36.4 Å². The van der Waals surface area contributed by atoms with E-state index < -0.39 is 0 Å². The highest BCUT2D eigenvalue weighted by Crippen LogP contribution is 2.23.